The van der Waals surface area contributed by atoms with E-state index < -0.39 is 6.04 Å². The van der Waals surface area contributed by atoms with Crippen LogP contribution in [0.1, 0.15) is 23.2 Å². The van der Waals surface area contributed by atoms with Gasteiger partial charge < -0.3 is 15.6 Å². The Balaban J connectivity index is 1.82. The van der Waals surface area contributed by atoms with Crippen LogP contribution in [0.25, 0.3) is 10.9 Å². The van der Waals surface area contributed by atoms with E-state index >= 15 is 0 Å². The van der Waals surface area contributed by atoms with Gasteiger partial charge in [-0.05, 0) is 18.9 Å². The summed E-state index contributed by atoms with van der Waals surface area (Å²) in [5, 5.41) is 6.42. The third-order valence-electron chi connectivity index (χ3n) is 3.42. The topological polar surface area (TPSA) is 74.0 Å². The van der Waals surface area contributed by atoms with E-state index in [-0.39, 0.29) is 11.8 Å². The molecule has 0 spiro atoms. The quantitative estimate of drug-likeness (QED) is 0.755. The fourth-order valence-electron chi connectivity index (χ4n) is 2.41. The Labute approximate surface area is 110 Å². The van der Waals surface area contributed by atoms with Crippen molar-refractivity contribution in [3.05, 3.63) is 36.0 Å². The molecule has 1 aromatic heterocycles. The first-order valence-electron chi connectivity index (χ1n) is 6.40. The van der Waals surface area contributed by atoms with Crippen molar-refractivity contribution < 1.29 is 9.59 Å². The summed E-state index contributed by atoms with van der Waals surface area (Å²) in [6.07, 6.45) is 3.27. The number of benzene rings is 1. The Morgan fingerprint density at radius 1 is 1.32 bits per heavy atom. The lowest BCUT2D eigenvalue weighted by molar-refractivity contribution is -0.124. The van der Waals surface area contributed by atoms with Crippen LogP contribution >= 0.6 is 0 Å². The summed E-state index contributed by atoms with van der Waals surface area (Å²) in [5.74, 6) is -0.307. The van der Waals surface area contributed by atoms with Crippen molar-refractivity contribution in [1.82, 2.24) is 15.6 Å². The fraction of sp³-hybridized carbons (Fsp3) is 0.286. The summed E-state index contributed by atoms with van der Waals surface area (Å²) in [6, 6.07) is 7.19. The van der Waals surface area contributed by atoms with Crippen LogP contribution in [0.2, 0.25) is 0 Å². The van der Waals surface area contributed by atoms with Gasteiger partial charge in [0.05, 0.1) is 5.56 Å². The molecular weight excluding hydrogens is 242 g/mol. The SMILES string of the molecule is O=C(NC1CCCNC1=O)c1c[nH]c2ccccc12. The predicted molar refractivity (Wildman–Crippen MR) is 71.8 cm³/mol. The van der Waals surface area contributed by atoms with Crippen molar-refractivity contribution in [2.24, 2.45) is 0 Å². The van der Waals surface area contributed by atoms with E-state index in [4.69, 9.17) is 0 Å². The molecule has 1 aromatic carbocycles. The maximum Gasteiger partial charge on any atom is 0.254 e. The fourth-order valence-corrected chi connectivity index (χ4v) is 2.41. The Hall–Kier alpha value is -2.30. The minimum Gasteiger partial charge on any atom is -0.360 e. The van der Waals surface area contributed by atoms with Crippen LogP contribution in [0.15, 0.2) is 30.5 Å². The normalized spacial score (nSPS) is 19.2. The molecule has 2 aromatic rings. The number of nitrogens with one attached hydrogen (secondary N) is 3. The zero-order valence-corrected chi connectivity index (χ0v) is 10.4. The van der Waals surface area contributed by atoms with Gasteiger partial charge in [0.2, 0.25) is 5.91 Å². The van der Waals surface area contributed by atoms with Gasteiger partial charge in [-0.3, -0.25) is 9.59 Å². The molecule has 0 saturated carbocycles. The number of carbonyl (C=O) groups is 2. The molecule has 1 saturated heterocycles. The molecule has 98 valence electrons. The number of para-hydroxylation sites is 1. The highest BCUT2D eigenvalue weighted by molar-refractivity contribution is 6.07. The molecule has 1 unspecified atom stereocenters. The van der Waals surface area contributed by atoms with Crippen LogP contribution in [0.3, 0.4) is 0 Å². The molecule has 1 fully saturated rings. The van der Waals surface area contributed by atoms with Crippen molar-refractivity contribution in [2.45, 2.75) is 18.9 Å². The molecule has 2 heterocycles. The molecule has 5 heteroatoms. The van der Waals surface area contributed by atoms with Gasteiger partial charge in [0.25, 0.3) is 5.91 Å². The zero-order valence-electron chi connectivity index (χ0n) is 10.4. The standard InChI is InChI=1S/C14H15N3O2/c18-13(17-12-6-3-7-15-14(12)19)10-8-16-11-5-2-1-4-9(10)11/h1-2,4-5,8,12,16H,3,6-7H2,(H,15,19)(H,17,18). The maximum atomic E-state index is 12.2. The van der Waals surface area contributed by atoms with E-state index in [2.05, 4.69) is 15.6 Å². The van der Waals surface area contributed by atoms with E-state index in [1.807, 2.05) is 24.3 Å². The van der Waals surface area contributed by atoms with Crippen molar-refractivity contribution in [2.75, 3.05) is 6.54 Å². The third kappa shape index (κ3) is 2.19. The van der Waals surface area contributed by atoms with Gasteiger partial charge in [-0.15, -0.1) is 0 Å². The number of amides is 2. The molecule has 2 amide bonds. The average molecular weight is 257 g/mol. The van der Waals surface area contributed by atoms with Crippen molar-refractivity contribution in [3.63, 3.8) is 0 Å². The molecule has 5 nitrogen and oxygen atoms in total. The largest absolute Gasteiger partial charge is 0.360 e. The van der Waals surface area contributed by atoms with E-state index in [1.54, 1.807) is 6.20 Å². The third-order valence-corrected chi connectivity index (χ3v) is 3.42. The Morgan fingerprint density at radius 2 is 2.16 bits per heavy atom. The van der Waals surface area contributed by atoms with E-state index in [1.165, 1.54) is 0 Å². The monoisotopic (exact) mass is 257 g/mol. The van der Waals surface area contributed by atoms with Crippen LogP contribution in [0, 0.1) is 0 Å². The lowest BCUT2D eigenvalue weighted by Crippen LogP contribution is -2.50. The Morgan fingerprint density at radius 3 is 3.00 bits per heavy atom. The van der Waals surface area contributed by atoms with Gasteiger partial charge in [0, 0.05) is 23.6 Å². The summed E-state index contributed by atoms with van der Waals surface area (Å²) in [5.41, 5.74) is 1.50. The first-order chi connectivity index (χ1) is 9.25. The second kappa shape index (κ2) is 4.76. The first kappa shape index (κ1) is 11.8. The summed E-state index contributed by atoms with van der Waals surface area (Å²) < 4.78 is 0. The molecule has 1 aliphatic rings. The van der Waals surface area contributed by atoms with Gasteiger partial charge in [-0.2, -0.15) is 0 Å². The molecular formula is C14H15N3O2. The highest BCUT2D eigenvalue weighted by Crippen LogP contribution is 2.18. The minimum absolute atomic E-state index is 0.0977. The second-order valence-corrected chi connectivity index (χ2v) is 4.71. The van der Waals surface area contributed by atoms with Crippen molar-refractivity contribution in [1.29, 1.82) is 0 Å². The number of aromatic amines is 1. The molecule has 3 rings (SSSR count). The molecule has 1 atom stereocenters. The molecule has 3 N–H and O–H groups in total. The summed E-state index contributed by atoms with van der Waals surface area (Å²) >= 11 is 0. The summed E-state index contributed by atoms with van der Waals surface area (Å²) in [6.45, 7) is 0.693. The van der Waals surface area contributed by atoms with Gasteiger partial charge >= 0.3 is 0 Å². The van der Waals surface area contributed by atoms with E-state index in [0.717, 1.165) is 17.3 Å². The van der Waals surface area contributed by atoms with Crippen molar-refractivity contribution in [3.8, 4) is 0 Å². The Kier molecular flexibility index (Phi) is 2.95. The number of hydrogen-bond donors (Lipinski definition) is 3. The van der Waals surface area contributed by atoms with Crippen LogP contribution in [-0.2, 0) is 4.79 Å². The predicted octanol–water partition coefficient (Wildman–Crippen LogP) is 1.18. The highest BCUT2D eigenvalue weighted by Gasteiger charge is 2.24. The summed E-state index contributed by atoms with van der Waals surface area (Å²) in [7, 11) is 0. The van der Waals surface area contributed by atoms with Crippen LogP contribution in [-0.4, -0.2) is 29.4 Å². The van der Waals surface area contributed by atoms with Gasteiger partial charge in [0.1, 0.15) is 6.04 Å². The van der Waals surface area contributed by atoms with Crippen LogP contribution in [0.5, 0.6) is 0 Å². The van der Waals surface area contributed by atoms with Gasteiger partial charge in [0.15, 0.2) is 0 Å². The van der Waals surface area contributed by atoms with Gasteiger partial charge in [-0.25, -0.2) is 0 Å². The molecule has 0 radical (unpaired) electrons. The number of H-pyrrole nitrogens is 1. The number of aromatic nitrogens is 1. The lowest BCUT2D eigenvalue weighted by atomic mass is 10.1. The highest BCUT2D eigenvalue weighted by atomic mass is 16.2. The second-order valence-electron chi connectivity index (χ2n) is 4.71. The van der Waals surface area contributed by atoms with E-state index in [9.17, 15) is 9.59 Å². The number of fused-ring (bicyclic) bond motifs is 1. The number of rotatable bonds is 2. The number of piperidine rings is 1. The molecule has 1 aliphatic heterocycles. The average Bonchev–Trinajstić information content (AvgIpc) is 2.85. The molecule has 19 heavy (non-hydrogen) atoms. The Bertz CT molecular complexity index is 632. The lowest BCUT2D eigenvalue weighted by Gasteiger charge is -2.22. The van der Waals surface area contributed by atoms with E-state index in [0.29, 0.717) is 18.5 Å². The number of carbonyl (C=O) groups excluding carboxylic acids is 2. The summed E-state index contributed by atoms with van der Waals surface area (Å²) in [4.78, 5) is 26.9. The maximum absolute atomic E-state index is 12.2. The first-order valence-corrected chi connectivity index (χ1v) is 6.40. The van der Waals surface area contributed by atoms with Crippen LogP contribution < -0.4 is 10.6 Å². The zero-order chi connectivity index (χ0) is 13.2. The number of hydrogen-bond acceptors (Lipinski definition) is 2. The van der Waals surface area contributed by atoms with Crippen molar-refractivity contribution >= 4 is 22.7 Å². The minimum atomic E-state index is -0.421. The van der Waals surface area contributed by atoms with Crippen LogP contribution in [0.4, 0.5) is 0 Å². The molecule has 0 bridgehead atoms. The van der Waals surface area contributed by atoms with Gasteiger partial charge in [-0.1, -0.05) is 18.2 Å². The molecule has 0 aliphatic carbocycles. The smallest absolute Gasteiger partial charge is 0.254 e.